The number of aromatic nitrogens is 1. The number of hydrogen-bond donors (Lipinski definition) is 1. The van der Waals surface area contributed by atoms with Crippen molar-refractivity contribution in [2.24, 2.45) is 0 Å². The van der Waals surface area contributed by atoms with Gasteiger partial charge in [0.2, 0.25) is 5.76 Å². The second-order valence-electron chi connectivity index (χ2n) is 5.28. The number of fused-ring (bicyclic) bond motifs is 1. The molecule has 0 saturated carbocycles. The first-order chi connectivity index (χ1) is 11.7. The molecule has 0 aliphatic carbocycles. The van der Waals surface area contributed by atoms with E-state index in [1.807, 2.05) is 30.5 Å². The van der Waals surface area contributed by atoms with Gasteiger partial charge in [-0.15, -0.1) is 0 Å². The van der Waals surface area contributed by atoms with Crippen molar-refractivity contribution in [1.29, 1.82) is 0 Å². The molecule has 2 aromatic heterocycles. The highest BCUT2D eigenvalue weighted by molar-refractivity contribution is 5.86. The van der Waals surface area contributed by atoms with Gasteiger partial charge in [-0.1, -0.05) is 18.2 Å². The smallest absolute Gasteiger partial charge is 0.373 e. The fourth-order valence-corrected chi connectivity index (χ4v) is 2.46. The number of aryl methyl sites for hydroxylation is 1. The molecule has 3 aromatic rings. The SMILES string of the molecule is COC(=O)c1ccc(COC(=O)CCc2c[nH]c3ccccc23)o1. The molecule has 1 N–H and O–H groups in total. The van der Waals surface area contributed by atoms with Crippen LogP contribution in [0, 0.1) is 0 Å². The number of aromatic amines is 1. The minimum absolute atomic E-state index is 0.0102. The van der Waals surface area contributed by atoms with E-state index in [2.05, 4.69) is 9.72 Å². The quantitative estimate of drug-likeness (QED) is 0.703. The zero-order valence-electron chi connectivity index (χ0n) is 13.2. The Balaban J connectivity index is 1.51. The Morgan fingerprint density at radius 2 is 2.00 bits per heavy atom. The summed E-state index contributed by atoms with van der Waals surface area (Å²) in [5.41, 5.74) is 2.13. The summed E-state index contributed by atoms with van der Waals surface area (Å²) in [6.45, 7) is -0.0102. The first-order valence-corrected chi connectivity index (χ1v) is 7.55. The predicted molar refractivity (Wildman–Crippen MR) is 86.5 cm³/mol. The number of carbonyl (C=O) groups is 2. The lowest BCUT2D eigenvalue weighted by Crippen LogP contribution is -2.05. The monoisotopic (exact) mass is 327 g/mol. The zero-order valence-corrected chi connectivity index (χ0v) is 13.2. The van der Waals surface area contributed by atoms with Crippen LogP contribution in [0.1, 0.15) is 28.3 Å². The Morgan fingerprint density at radius 3 is 2.83 bits per heavy atom. The number of rotatable bonds is 6. The van der Waals surface area contributed by atoms with E-state index in [1.165, 1.54) is 13.2 Å². The average Bonchev–Trinajstić information content (AvgIpc) is 3.24. The second kappa shape index (κ2) is 7.04. The molecule has 0 unspecified atom stereocenters. The molecule has 2 heterocycles. The maximum absolute atomic E-state index is 11.9. The summed E-state index contributed by atoms with van der Waals surface area (Å²) < 4.78 is 15.0. The molecular weight excluding hydrogens is 310 g/mol. The topological polar surface area (TPSA) is 81.5 Å². The van der Waals surface area contributed by atoms with Crippen LogP contribution in [-0.2, 0) is 27.3 Å². The number of furan rings is 1. The summed E-state index contributed by atoms with van der Waals surface area (Å²) in [7, 11) is 1.27. The molecule has 0 bridgehead atoms. The second-order valence-corrected chi connectivity index (χ2v) is 5.28. The molecule has 0 atom stereocenters. The maximum Gasteiger partial charge on any atom is 0.373 e. The lowest BCUT2D eigenvalue weighted by molar-refractivity contribution is -0.145. The number of ether oxygens (including phenoxy) is 2. The minimum Gasteiger partial charge on any atom is -0.463 e. The summed E-state index contributed by atoms with van der Waals surface area (Å²) >= 11 is 0. The third kappa shape index (κ3) is 3.48. The average molecular weight is 327 g/mol. The summed E-state index contributed by atoms with van der Waals surface area (Å²) in [6, 6.07) is 11.0. The highest BCUT2D eigenvalue weighted by Crippen LogP contribution is 2.19. The van der Waals surface area contributed by atoms with Crippen LogP contribution in [0.15, 0.2) is 47.0 Å². The van der Waals surface area contributed by atoms with Crippen LogP contribution in [0.5, 0.6) is 0 Å². The number of H-pyrrole nitrogens is 1. The van der Waals surface area contributed by atoms with Crippen molar-refractivity contribution in [3.05, 3.63) is 59.7 Å². The number of hydrogen-bond acceptors (Lipinski definition) is 5. The molecule has 6 heteroatoms. The van der Waals surface area contributed by atoms with Crippen LogP contribution in [0.3, 0.4) is 0 Å². The maximum atomic E-state index is 11.9. The van der Waals surface area contributed by atoms with E-state index in [0.29, 0.717) is 12.2 Å². The van der Waals surface area contributed by atoms with Gasteiger partial charge in [0.05, 0.1) is 7.11 Å². The Morgan fingerprint density at radius 1 is 1.17 bits per heavy atom. The molecule has 0 radical (unpaired) electrons. The van der Waals surface area contributed by atoms with Gasteiger partial charge in [-0.3, -0.25) is 4.79 Å². The molecule has 24 heavy (non-hydrogen) atoms. The molecule has 1 aromatic carbocycles. The molecule has 6 nitrogen and oxygen atoms in total. The molecular formula is C18H17NO5. The van der Waals surface area contributed by atoms with E-state index in [1.54, 1.807) is 6.07 Å². The molecule has 124 valence electrons. The number of para-hydroxylation sites is 1. The lowest BCUT2D eigenvalue weighted by Gasteiger charge is -2.03. The third-order valence-electron chi connectivity index (χ3n) is 3.70. The van der Waals surface area contributed by atoms with Gasteiger partial charge in [0.25, 0.3) is 0 Å². The normalized spacial score (nSPS) is 10.7. The number of esters is 2. The summed E-state index contributed by atoms with van der Waals surface area (Å²) in [5, 5.41) is 1.11. The van der Waals surface area contributed by atoms with Crippen molar-refractivity contribution in [3.8, 4) is 0 Å². The Hall–Kier alpha value is -3.02. The standard InChI is InChI=1S/C18H17NO5/c1-22-18(21)16-8-7-13(24-16)11-23-17(20)9-6-12-10-19-15-5-3-2-4-14(12)15/h2-5,7-8,10,19H,6,9,11H2,1H3. The molecule has 0 saturated heterocycles. The van der Waals surface area contributed by atoms with Gasteiger partial charge < -0.3 is 18.9 Å². The first kappa shape index (κ1) is 15.9. The minimum atomic E-state index is -0.563. The fourth-order valence-electron chi connectivity index (χ4n) is 2.46. The Labute approximate surface area is 138 Å². The van der Waals surface area contributed by atoms with Crippen LogP contribution in [0.4, 0.5) is 0 Å². The highest BCUT2D eigenvalue weighted by Gasteiger charge is 2.13. The van der Waals surface area contributed by atoms with Crippen molar-refractivity contribution in [2.45, 2.75) is 19.4 Å². The largest absolute Gasteiger partial charge is 0.463 e. The van der Waals surface area contributed by atoms with Crippen molar-refractivity contribution in [1.82, 2.24) is 4.98 Å². The number of carbonyl (C=O) groups excluding carboxylic acids is 2. The van der Waals surface area contributed by atoms with Gasteiger partial charge in [-0.05, 0) is 30.2 Å². The predicted octanol–water partition coefficient (Wildman–Crippen LogP) is 3.22. The van der Waals surface area contributed by atoms with Gasteiger partial charge >= 0.3 is 11.9 Å². The summed E-state index contributed by atoms with van der Waals surface area (Å²) in [5.74, 6) is -0.401. The molecule has 0 aliphatic rings. The number of nitrogens with one attached hydrogen (secondary N) is 1. The van der Waals surface area contributed by atoms with E-state index in [0.717, 1.165) is 16.5 Å². The van der Waals surface area contributed by atoms with E-state index in [9.17, 15) is 9.59 Å². The fraction of sp³-hybridized carbons (Fsp3) is 0.222. The molecule has 3 rings (SSSR count). The van der Waals surface area contributed by atoms with Gasteiger partial charge in [-0.2, -0.15) is 0 Å². The third-order valence-corrected chi connectivity index (χ3v) is 3.70. The van der Waals surface area contributed by atoms with Gasteiger partial charge in [0.1, 0.15) is 12.4 Å². The zero-order chi connectivity index (χ0) is 16.9. The molecule has 0 spiro atoms. The molecule has 0 amide bonds. The summed E-state index contributed by atoms with van der Waals surface area (Å²) in [6.07, 6.45) is 2.77. The van der Waals surface area contributed by atoms with Crippen LogP contribution in [0.25, 0.3) is 10.9 Å². The van der Waals surface area contributed by atoms with Crippen LogP contribution in [0.2, 0.25) is 0 Å². The van der Waals surface area contributed by atoms with E-state index >= 15 is 0 Å². The number of benzene rings is 1. The highest BCUT2D eigenvalue weighted by atomic mass is 16.5. The van der Waals surface area contributed by atoms with Crippen molar-refractivity contribution in [3.63, 3.8) is 0 Å². The summed E-state index contributed by atoms with van der Waals surface area (Å²) in [4.78, 5) is 26.3. The van der Waals surface area contributed by atoms with Gasteiger partial charge in [0.15, 0.2) is 0 Å². The Kier molecular flexibility index (Phi) is 4.65. The number of methoxy groups -OCH3 is 1. The lowest BCUT2D eigenvalue weighted by atomic mass is 10.1. The van der Waals surface area contributed by atoms with Crippen LogP contribution >= 0.6 is 0 Å². The van der Waals surface area contributed by atoms with Crippen LogP contribution < -0.4 is 0 Å². The van der Waals surface area contributed by atoms with Gasteiger partial charge in [0, 0.05) is 23.5 Å². The van der Waals surface area contributed by atoms with E-state index in [-0.39, 0.29) is 24.8 Å². The van der Waals surface area contributed by atoms with Crippen molar-refractivity contribution >= 4 is 22.8 Å². The molecule has 0 aliphatic heterocycles. The first-order valence-electron chi connectivity index (χ1n) is 7.55. The Bertz CT molecular complexity index is 861. The van der Waals surface area contributed by atoms with Crippen molar-refractivity contribution in [2.75, 3.05) is 7.11 Å². The van der Waals surface area contributed by atoms with E-state index < -0.39 is 5.97 Å². The van der Waals surface area contributed by atoms with Crippen molar-refractivity contribution < 1.29 is 23.5 Å². The van der Waals surface area contributed by atoms with E-state index in [4.69, 9.17) is 9.15 Å². The van der Waals surface area contributed by atoms with Crippen LogP contribution in [-0.4, -0.2) is 24.0 Å². The van der Waals surface area contributed by atoms with Gasteiger partial charge in [-0.25, -0.2) is 4.79 Å². The molecule has 0 fully saturated rings.